The molecule has 0 aliphatic carbocycles. The Bertz CT molecular complexity index is 447. The van der Waals surface area contributed by atoms with Crippen molar-refractivity contribution in [3.8, 4) is 0 Å². The monoisotopic (exact) mass is 277 g/mol. The Morgan fingerprint density at radius 2 is 2.15 bits per heavy atom. The third-order valence-corrected chi connectivity index (χ3v) is 3.93. The lowest BCUT2D eigenvalue weighted by molar-refractivity contribution is -0.136. The molecule has 1 saturated heterocycles. The van der Waals surface area contributed by atoms with Gasteiger partial charge in [0.15, 0.2) is 0 Å². The minimum atomic E-state index is -0.785. The van der Waals surface area contributed by atoms with E-state index in [-0.39, 0.29) is 6.42 Å². The highest BCUT2D eigenvalue weighted by molar-refractivity contribution is 5.70. The molecule has 0 bridgehead atoms. The van der Waals surface area contributed by atoms with Gasteiger partial charge in [-0.3, -0.25) is 4.79 Å². The molecular weight excluding hydrogens is 254 g/mol. The fourth-order valence-corrected chi connectivity index (χ4v) is 2.84. The van der Waals surface area contributed by atoms with Crippen molar-refractivity contribution < 1.29 is 14.6 Å². The Morgan fingerprint density at radius 1 is 1.40 bits per heavy atom. The average molecular weight is 277 g/mol. The number of nitrogens with one attached hydrogen (secondary N) is 1. The molecule has 110 valence electrons. The normalized spacial score (nSPS) is 22.1. The van der Waals surface area contributed by atoms with Crippen LogP contribution >= 0.6 is 0 Å². The first-order chi connectivity index (χ1) is 9.70. The number of benzene rings is 1. The van der Waals surface area contributed by atoms with Gasteiger partial charge in [-0.2, -0.15) is 0 Å². The van der Waals surface area contributed by atoms with Crippen molar-refractivity contribution in [3.63, 3.8) is 0 Å². The van der Waals surface area contributed by atoms with Gasteiger partial charge in [0.1, 0.15) is 0 Å². The molecule has 1 fully saturated rings. The molecule has 0 radical (unpaired) electrons. The first-order valence-corrected chi connectivity index (χ1v) is 7.31. The number of carboxylic acid groups (broad SMARTS) is 1. The van der Waals surface area contributed by atoms with E-state index in [1.807, 2.05) is 24.3 Å². The predicted molar refractivity (Wildman–Crippen MR) is 77.6 cm³/mol. The Balaban J connectivity index is 1.86. The van der Waals surface area contributed by atoms with E-state index >= 15 is 0 Å². The van der Waals surface area contributed by atoms with Crippen LogP contribution in [0.4, 0.5) is 0 Å². The molecule has 1 aliphatic rings. The van der Waals surface area contributed by atoms with E-state index in [4.69, 9.17) is 9.84 Å². The van der Waals surface area contributed by atoms with E-state index < -0.39 is 5.97 Å². The van der Waals surface area contributed by atoms with Gasteiger partial charge in [-0.25, -0.2) is 0 Å². The number of ether oxygens (including phenoxy) is 1. The van der Waals surface area contributed by atoms with Gasteiger partial charge in [-0.1, -0.05) is 31.2 Å². The maximum atomic E-state index is 10.8. The second kappa shape index (κ2) is 7.41. The summed E-state index contributed by atoms with van der Waals surface area (Å²) in [4.78, 5) is 10.8. The Labute approximate surface area is 120 Å². The number of hydrogen-bond donors (Lipinski definition) is 2. The van der Waals surface area contributed by atoms with E-state index in [1.165, 1.54) is 0 Å². The van der Waals surface area contributed by atoms with E-state index in [0.29, 0.717) is 12.0 Å². The van der Waals surface area contributed by atoms with Gasteiger partial charge < -0.3 is 15.2 Å². The van der Waals surface area contributed by atoms with Crippen LogP contribution in [0.3, 0.4) is 0 Å². The summed E-state index contributed by atoms with van der Waals surface area (Å²) in [5, 5.41) is 12.4. The second-order valence-corrected chi connectivity index (χ2v) is 5.34. The van der Waals surface area contributed by atoms with Crippen LogP contribution in [0.25, 0.3) is 0 Å². The fourth-order valence-electron chi connectivity index (χ4n) is 2.84. The van der Waals surface area contributed by atoms with Crippen molar-refractivity contribution in [2.24, 2.45) is 5.92 Å². The Hall–Kier alpha value is -1.39. The molecule has 0 spiro atoms. The zero-order valence-corrected chi connectivity index (χ0v) is 12.0. The highest BCUT2D eigenvalue weighted by Crippen LogP contribution is 2.22. The third-order valence-electron chi connectivity index (χ3n) is 3.93. The van der Waals surface area contributed by atoms with Crippen LogP contribution in [0.1, 0.15) is 30.9 Å². The molecule has 2 atom stereocenters. The molecular formula is C16H23NO3. The molecule has 20 heavy (non-hydrogen) atoms. The molecule has 0 saturated carbocycles. The Kier molecular flexibility index (Phi) is 5.56. The summed E-state index contributed by atoms with van der Waals surface area (Å²) in [6, 6.07) is 7.72. The third kappa shape index (κ3) is 4.05. The molecule has 4 heteroatoms. The summed E-state index contributed by atoms with van der Waals surface area (Å²) in [5.41, 5.74) is 1.96. The fraction of sp³-hybridized carbons (Fsp3) is 0.562. The quantitative estimate of drug-likeness (QED) is 0.802. The summed E-state index contributed by atoms with van der Waals surface area (Å²) in [5.74, 6) is -0.209. The minimum absolute atomic E-state index is 0.0853. The van der Waals surface area contributed by atoms with Crippen molar-refractivity contribution in [2.45, 2.75) is 38.8 Å². The topological polar surface area (TPSA) is 58.6 Å². The molecule has 0 aromatic heterocycles. The first-order valence-electron chi connectivity index (χ1n) is 7.31. The second-order valence-electron chi connectivity index (χ2n) is 5.34. The highest BCUT2D eigenvalue weighted by atomic mass is 16.5. The van der Waals surface area contributed by atoms with Crippen molar-refractivity contribution in [1.82, 2.24) is 5.32 Å². The van der Waals surface area contributed by atoms with Gasteiger partial charge in [0.2, 0.25) is 0 Å². The largest absolute Gasteiger partial charge is 0.481 e. The van der Waals surface area contributed by atoms with Gasteiger partial charge in [0.05, 0.1) is 12.5 Å². The molecule has 0 amide bonds. The van der Waals surface area contributed by atoms with Gasteiger partial charge in [-0.05, 0) is 29.9 Å². The van der Waals surface area contributed by atoms with Crippen LogP contribution in [0.2, 0.25) is 0 Å². The summed E-state index contributed by atoms with van der Waals surface area (Å²) >= 11 is 0. The minimum Gasteiger partial charge on any atom is -0.481 e. The van der Waals surface area contributed by atoms with Crippen LogP contribution < -0.4 is 5.32 Å². The SMILES string of the molecule is CCC1OCCC1CNCc1ccccc1CC(=O)O. The van der Waals surface area contributed by atoms with E-state index in [0.717, 1.165) is 43.7 Å². The van der Waals surface area contributed by atoms with Crippen LogP contribution in [0, 0.1) is 5.92 Å². The van der Waals surface area contributed by atoms with Crippen LogP contribution in [0.5, 0.6) is 0 Å². The lowest BCUT2D eigenvalue weighted by atomic mass is 9.99. The summed E-state index contributed by atoms with van der Waals surface area (Å²) in [7, 11) is 0. The van der Waals surface area contributed by atoms with Gasteiger partial charge in [0, 0.05) is 19.7 Å². The molecule has 2 rings (SSSR count). The van der Waals surface area contributed by atoms with Gasteiger partial charge in [0.25, 0.3) is 0 Å². The number of carboxylic acids is 1. The molecule has 2 N–H and O–H groups in total. The molecule has 1 aliphatic heterocycles. The zero-order valence-electron chi connectivity index (χ0n) is 12.0. The number of aliphatic carboxylic acids is 1. The van der Waals surface area contributed by atoms with Gasteiger partial charge in [-0.15, -0.1) is 0 Å². The van der Waals surface area contributed by atoms with Crippen molar-refractivity contribution in [3.05, 3.63) is 35.4 Å². The number of hydrogen-bond acceptors (Lipinski definition) is 3. The van der Waals surface area contributed by atoms with Crippen molar-refractivity contribution >= 4 is 5.97 Å². The predicted octanol–water partition coefficient (Wildman–Crippen LogP) is 2.22. The lowest BCUT2D eigenvalue weighted by Gasteiger charge is -2.18. The summed E-state index contributed by atoms with van der Waals surface area (Å²) in [6.07, 6.45) is 2.63. The average Bonchev–Trinajstić information content (AvgIpc) is 2.87. The number of rotatable bonds is 7. The van der Waals surface area contributed by atoms with Gasteiger partial charge >= 0.3 is 5.97 Å². The lowest BCUT2D eigenvalue weighted by Crippen LogP contribution is -2.28. The number of carbonyl (C=O) groups is 1. The summed E-state index contributed by atoms with van der Waals surface area (Å²) < 4.78 is 5.68. The van der Waals surface area contributed by atoms with E-state index in [2.05, 4.69) is 12.2 Å². The molecule has 4 nitrogen and oxygen atoms in total. The van der Waals surface area contributed by atoms with Crippen LogP contribution in [-0.2, 0) is 22.5 Å². The van der Waals surface area contributed by atoms with E-state index in [1.54, 1.807) is 0 Å². The molecule has 2 unspecified atom stereocenters. The van der Waals surface area contributed by atoms with Crippen molar-refractivity contribution in [2.75, 3.05) is 13.2 Å². The molecule has 1 aromatic rings. The maximum absolute atomic E-state index is 10.8. The molecule has 1 aromatic carbocycles. The smallest absolute Gasteiger partial charge is 0.307 e. The maximum Gasteiger partial charge on any atom is 0.307 e. The first kappa shape index (κ1) is 15.0. The Morgan fingerprint density at radius 3 is 2.85 bits per heavy atom. The summed E-state index contributed by atoms with van der Waals surface area (Å²) in [6.45, 7) is 4.67. The van der Waals surface area contributed by atoms with Crippen LogP contribution in [0.15, 0.2) is 24.3 Å². The molecule has 1 heterocycles. The van der Waals surface area contributed by atoms with Crippen molar-refractivity contribution in [1.29, 1.82) is 0 Å². The highest BCUT2D eigenvalue weighted by Gasteiger charge is 2.25. The van der Waals surface area contributed by atoms with Crippen LogP contribution in [-0.4, -0.2) is 30.3 Å². The van der Waals surface area contributed by atoms with E-state index in [9.17, 15) is 4.79 Å². The zero-order chi connectivity index (χ0) is 14.4. The standard InChI is InChI=1S/C16H23NO3/c1-2-15-14(7-8-20-15)11-17-10-13-6-4-3-5-12(13)9-16(18)19/h3-6,14-15,17H,2,7-11H2,1H3,(H,18,19).